The summed E-state index contributed by atoms with van der Waals surface area (Å²) in [5.41, 5.74) is 1.25. The maximum atomic E-state index is 13.6. The summed E-state index contributed by atoms with van der Waals surface area (Å²) in [6.45, 7) is 6.18. The van der Waals surface area contributed by atoms with E-state index in [1.807, 2.05) is 81.4 Å². The predicted octanol–water partition coefficient (Wildman–Crippen LogP) is 5.05. The molecule has 2 aromatic carbocycles. The lowest BCUT2D eigenvalue weighted by Gasteiger charge is -2.32. The zero-order valence-electron chi connectivity index (χ0n) is 22.2. The van der Waals surface area contributed by atoms with E-state index >= 15 is 0 Å². The molecule has 0 aromatic heterocycles. The Morgan fingerprint density at radius 1 is 0.973 bits per heavy atom. The topological polar surface area (TPSA) is 84.9 Å². The second-order valence-electron chi connectivity index (χ2n) is 10.9. The highest BCUT2D eigenvalue weighted by Gasteiger charge is 2.37. The molecule has 1 fully saturated rings. The van der Waals surface area contributed by atoms with Gasteiger partial charge >= 0.3 is 5.97 Å². The number of nitrogens with zero attached hydrogens (tertiary/aromatic N) is 1. The number of hydroxylamine groups is 2. The first-order valence-electron chi connectivity index (χ1n) is 13.2. The first-order chi connectivity index (χ1) is 17.8. The fraction of sp³-hybridized carbons (Fsp3) is 0.500. The van der Waals surface area contributed by atoms with Crippen LogP contribution in [0.5, 0.6) is 0 Å². The monoisotopic (exact) mass is 508 g/mol. The summed E-state index contributed by atoms with van der Waals surface area (Å²) < 4.78 is 5.58. The highest BCUT2D eigenvalue weighted by molar-refractivity contribution is 5.86. The fourth-order valence-corrected chi connectivity index (χ4v) is 4.69. The van der Waals surface area contributed by atoms with Gasteiger partial charge in [0.05, 0.1) is 12.5 Å². The summed E-state index contributed by atoms with van der Waals surface area (Å²) in [6, 6.07) is 18.2. The predicted molar refractivity (Wildman–Crippen MR) is 142 cm³/mol. The molecule has 0 saturated heterocycles. The molecule has 1 saturated carbocycles. The van der Waals surface area contributed by atoms with Gasteiger partial charge in [0.15, 0.2) is 0 Å². The minimum atomic E-state index is -0.829. The molecule has 200 valence electrons. The van der Waals surface area contributed by atoms with Gasteiger partial charge < -0.3 is 10.1 Å². The third kappa shape index (κ3) is 9.32. The molecule has 0 unspecified atom stereocenters. The van der Waals surface area contributed by atoms with Gasteiger partial charge in [-0.25, -0.2) is 9.86 Å². The van der Waals surface area contributed by atoms with E-state index in [0.29, 0.717) is 18.7 Å². The van der Waals surface area contributed by atoms with Crippen LogP contribution in [0.25, 0.3) is 0 Å². The lowest BCUT2D eigenvalue weighted by Crippen LogP contribution is -2.52. The van der Waals surface area contributed by atoms with Crippen molar-refractivity contribution >= 4 is 18.3 Å². The van der Waals surface area contributed by atoms with Gasteiger partial charge in [0.2, 0.25) is 12.3 Å². The van der Waals surface area contributed by atoms with Gasteiger partial charge in [-0.05, 0) is 28.9 Å². The van der Waals surface area contributed by atoms with Crippen molar-refractivity contribution in [3.63, 3.8) is 0 Å². The molecule has 7 nitrogen and oxygen atoms in total. The molecule has 7 heteroatoms. The van der Waals surface area contributed by atoms with Crippen molar-refractivity contribution in [3.8, 4) is 0 Å². The van der Waals surface area contributed by atoms with E-state index < -0.39 is 23.3 Å². The zero-order valence-corrected chi connectivity index (χ0v) is 22.2. The molecular formula is C30H40N2O5. The molecule has 2 atom stereocenters. The minimum Gasteiger partial charge on any atom is -0.459 e. The van der Waals surface area contributed by atoms with E-state index in [9.17, 15) is 14.4 Å². The van der Waals surface area contributed by atoms with Crippen LogP contribution in [0.1, 0.15) is 64.0 Å². The normalized spacial score (nSPS) is 15.5. The van der Waals surface area contributed by atoms with Crippen molar-refractivity contribution in [1.82, 2.24) is 10.4 Å². The summed E-state index contributed by atoms with van der Waals surface area (Å²) >= 11 is 0. The third-order valence-electron chi connectivity index (χ3n) is 6.83. The summed E-state index contributed by atoms with van der Waals surface area (Å²) in [4.78, 5) is 44.2. The highest BCUT2D eigenvalue weighted by atomic mass is 16.7. The van der Waals surface area contributed by atoms with Crippen LogP contribution in [0, 0.1) is 17.3 Å². The number of hydrogen-bond acceptors (Lipinski definition) is 5. The Labute approximate surface area is 220 Å². The van der Waals surface area contributed by atoms with Crippen molar-refractivity contribution in [2.24, 2.45) is 17.3 Å². The van der Waals surface area contributed by atoms with Gasteiger partial charge in [0.25, 0.3) is 0 Å². The molecule has 0 bridgehead atoms. The summed E-state index contributed by atoms with van der Waals surface area (Å²) in [5, 5.41) is 4.16. The maximum Gasteiger partial charge on any atom is 0.329 e. The van der Waals surface area contributed by atoms with Crippen molar-refractivity contribution in [3.05, 3.63) is 71.8 Å². The molecule has 0 radical (unpaired) electrons. The number of benzene rings is 2. The van der Waals surface area contributed by atoms with Crippen molar-refractivity contribution in [2.45, 2.75) is 72.1 Å². The highest BCUT2D eigenvalue weighted by Crippen LogP contribution is 2.31. The number of carbonyl (C=O) groups is 3. The number of esters is 1. The lowest BCUT2D eigenvalue weighted by molar-refractivity contribution is -0.182. The number of amides is 2. The van der Waals surface area contributed by atoms with E-state index in [1.54, 1.807) is 0 Å². The van der Waals surface area contributed by atoms with Crippen LogP contribution in [0.15, 0.2) is 60.7 Å². The smallest absolute Gasteiger partial charge is 0.329 e. The summed E-state index contributed by atoms with van der Waals surface area (Å²) in [5.74, 6) is -0.831. The molecule has 0 heterocycles. The molecule has 1 aliphatic carbocycles. The Balaban J connectivity index is 1.67. The molecule has 0 aliphatic heterocycles. The average Bonchev–Trinajstić information content (AvgIpc) is 3.41. The molecule has 2 aromatic rings. The van der Waals surface area contributed by atoms with Crippen LogP contribution in [0.4, 0.5) is 0 Å². The number of hydrogen-bond donors (Lipinski definition) is 1. The second kappa shape index (κ2) is 13.9. The van der Waals surface area contributed by atoms with Crippen LogP contribution in [-0.2, 0) is 37.2 Å². The van der Waals surface area contributed by atoms with Gasteiger partial charge in [0.1, 0.15) is 19.3 Å². The van der Waals surface area contributed by atoms with E-state index in [4.69, 9.17) is 9.57 Å². The Morgan fingerprint density at radius 3 is 2.08 bits per heavy atom. The second-order valence-corrected chi connectivity index (χ2v) is 10.9. The molecule has 1 N–H and O–H groups in total. The van der Waals surface area contributed by atoms with Gasteiger partial charge in [0, 0.05) is 0 Å². The first kappa shape index (κ1) is 28.4. The van der Waals surface area contributed by atoms with E-state index in [-0.39, 0.29) is 25.7 Å². The quantitative estimate of drug-likeness (QED) is 0.233. The van der Waals surface area contributed by atoms with Crippen molar-refractivity contribution in [2.75, 3.05) is 6.54 Å². The molecular weight excluding hydrogens is 468 g/mol. The molecule has 37 heavy (non-hydrogen) atoms. The third-order valence-corrected chi connectivity index (χ3v) is 6.83. The number of carbonyl (C=O) groups excluding carboxylic acids is 3. The SMILES string of the molecule is CC(C)(C)[C@H](NC(=O)[C@H](CC1CCCC1)CN(C=O)OCc1ccccc1)C(=O)OCc1ccccc1. The van der Waals surface area contributed by atoms with Gasteiger partial charge in [-0.15, -0.1) is 0 Å². The maximum absolute atomic E-state index is 13.6. The van der Waals surface area contributed by atoms with E-state index in [1.165, 1.54) is 5.06 Å². The summed E-state index contributed by atoms with van der Waals surface area (Å²) in [6.07, 6.45) is 5.69. The Kier molecular flexibility index (Phi) is 10.7. The average molecular weight is 509 g/mol. The van der Waals surface area contributed by atoms with Crippen LogP contribution < -0.4 is 5.32 Å². The minimum absolute atomic E-state index is 0.120. The number of ether oxygens (including phenoxy) is 1. The Bertz CT molecular complexity index is 984. The molecule has 0 spiro atoms. The molecule has 1 aliphatic rings. The largest absolute Gasteiger partial charge is 0.459 e. The lowest BCUT2D eigenvalue weighted by atomic mass is 9.85. The first-order valence-corrected chi connectivity index (χ1v) is 13.2. The van der Waals surface area contributed by atoms with Crippen LogP contribution in [0.3, 0.4) is 0 Å². The van der Waals surface area contributed by atoms with Crippen LogP contribution in [0.2, 0.25) is 0 Å². The Morgan fingerprint density at radius 2 is 1.54 bits per heavy atom. The standard InChI is InChI=1S/C30H40N2O5/c1-30(2,3)27(29(35)36-20-24-14-6-4-7-15-24)31-28(34)26(18-23-12-10-11-13-23)19-32(22-33)37-21-25-16-8-5-9-17-25/h4-9,14-17,22-23,26-27H,10-13,18-21H2,1-3H3,(H,31,34)/t26-,27-/m1/s1. The Hall–Kier alpha value is -3.19. The summed E-state index contributed by atoms with van der Waals surface area (Å²) in [7, 11) is 0. The van der Waals surface area contributed by atoms with Gasteiger partial charge in [-0.2, -0.15) is 0 Å². The van der Waals surface area contributed by atoms with E-state index in [2.05, 4.69) is 5.32 Å². The van der Waals surface area contributed by atoms with Gasteiger partial charge in [-0.3, -0.25) is 14.4 Å². The van der Waals surface area contributed by atoms with Crippen molar-refractivity contribution < 1.29 is 24.0 Å². The van der Waals surface area contributed by atoms with Crippen molar-refractivity contribution in [1.29, 1.82) is 0 Å². The number of rotatable bonds is 13. The zero-order chi connectivity index (χ0) is 26.7. The molecule has 2 amide bonds. The van der Waals surface area contributed by atoms with Gasteiger partial charge in [-0.1, -0.05) is 107 Å². The molecule has 3 rings (SSSR count). The van der Waals surface area contributed by atoms with Crippen LogP contribution in [-0.4, -0.2) is 35.9 Å². The fourth-order valence-electron chi connectivity index (χ4n) is 4.69. The van der Waals surface area contributed by atoms with E-state index in [0.717, 1.165) is 36.8 Å². The van der Waals surface area contributed by atoms with Crippen LogP contribution >= 0.6 is 0 Å². The number of nitrogens with one attached hydrogen (secondary N) is 1.